The Labute approximate surface area is 113 Å². The zero-order valence-corrected chi connectivity index (χ0v) is 11.7. The van der Waals surface area contributed by atoms with Crippen LogP contribution in [-0.4, -0.2) is 30.8 Å². The van der Waals surface area contributed by atoms with Gasteiger partial charge in [-0.2, -0.15) is 0 Å². The van der Waals surface area contributed by atoms with Crippen molar-refractivity contribution in [2.75, 3.05) is 13.2 Å². The van der Waals surface area contributed by atoms with E-state index in [2.05, 4.69) is 10.9 Å². The van der Waals surface area contributed by atoms with Gasteiger partial charge in [0.15, 0.2) is 0 Å². The molecule has 1 aliphatic heterocycles. The fourth-order valence-electron chi connectivity index (χ4n) is 2.55. The summed E-state index contributed by atoms with van der Waals surface area (Å²) in [6, 6.07) is 0. The van der Waals surface area contributed by atoms with Crippen molar-refractivity contribution in [2.45, 2.75) is 45.6 Å². The molecule has 0 aromatic rings. The van der Waals surface area contributed by atoms with E-state index >= 15 is 0 Å². The third kappa shape index (κ3) is 3.59. The van der Waals surface area contributed by atoms with Crippen molar-refractivity contribution in [3.63, 3.8) is 0 Å². The van der Waals surface area contributed by atoms with Gasteiger partial charge in [-0.05, 0) is 45.4 Å². The van der Waals surface area contributed by atoms with Gasteiger partial charge in [0.25, 0.3) is 0 Å². The van der Waals surface area contributed by atoms with Gasteiger partial charge >= 0.3 is 6.09 Å². The average molecular weight is 270 g/mol. The first-order valence-electron chi connectivity index (χ1n) is 6.69. The van der Waals surface area contributed by atoms with Gasteiger partial charge in [-0.3, -0.25) is 10.2 Å². The van der Waals surface area contributed by atoms with Crippen LogP contribution in [0.1, 0.15) is 40.0 Å². The third-order valence-corrected chi connectivity index (χ3v) is 3.68. The summed E-state index contributed by atoms with van der Waals surface area (Å²) >= 11 is 0. The number of carbonyl (C=O) groups is 2. The molecule has 6 heteroatoms. The smallest absolute Gasteiger partial charge is 0.426 e. The van der Waals surface area contributed by atoms with Crippen LogP contribution in [0.4, 0.5) is 4.79 Å². The van der Waals surface area contributed by atoms with Crippen LogP contribution in [0.3, 0.4) is 0 Å². The predicted octanol–water partition coefficient (Wildman–Crippen LogP) is 1.36. The molecule has 1 saturated carbocycles. The number of nitrogens with one attached hydrogen (secondary N) is 2. The van der Waals surface area contributed by atoms with Gasteiger partial charge < -0.3 is 9.47 Å². The Balaban J connectivity index is 1.73. The third-order valence-electron chi connectivity index (χ3n) is 3.68. The first-order valence-corrected chi connectivity index (χ1v) is 6.69. The van der Waals surface area contributed by atoms with Gasteiger partial charge in [-0.1, -0.05) is 0 Å². The highest BCUT2D eigenvalue weighted by atomic mass is 16.6. The Morgan fingerprint density at radius 1 is 1.21 bits per heavy atom. The SMILES string of the molecule is CC(C)(C)OC(=O)NNC(=O)C1CC12CCOCC2. The van der Waals surface area contributed by atoms with Crippen LogP contribution in [0.5, 0.6) is 0 Å². The van der Waals surface area contributed by atoms with Crippen LogP contribution >= 0.6 is 0 Å². The number of hydrazine groups is 1. The van der Waals surface area contributed by atoms with Crippen LogP contribution < -0.4 is 10.9 Å². The molecule has 2 N–H and O–H groups in total. The van der Waals surface area contributed by atoms with Crippen LogP contribution in [-0.2, 0) is 14.3 Å². The summed E-state index contributed by atoms with van der Waals surface area (Å²) in [7, 11) is 0. The summed E-state index contributed by atoms with van der Waals surface area (Å²) in [4.78, 5) is 23.3. The first-order chi connectivity index (χ1) is 8.82. The van der Waals surface area contributed by atoms with Crippen molar-refractivity contribution in [3.8, 4) is 0 Å². The summed E-state index contributed by atoms with van der Waals surface area (Å²) in [6.45, 7) is 6.76. The number of hydrogen-bond donors (Lipinski definition) is 2. The molecule has 0 aromatic heterocycles. The molecular weight excluding hydrogens is 248 g/mol. The molecule has 2 aliphatic rings. The second-order valence-electron chi connectivity index (χ2n) is 6.35. The Bertz CT molecular complexity index is 369. The molecule has 1 saturated heterocycles. The molecule has 2 fully saturated rings. The van der Waals surface area contributed by atoms with Crippen molar-refractivity contribution < 1.29 is 19.1 Å². The summed E-state index contributed by atoms with van der Waals surface area (Å²) in [5, 5.41) is 0. The highest BCUT2D eigenvalue weighted by Crippen LogP contribution is 2.59. The highest BCUT2D eigenvalue weighted by Gasteiger charge is 2.58. The molecule has 0 bridgehead atoms. The van der Waals surface area contributed by atoms with E-state index in [0.717, 1.165) is 32.5 Å². The van der Waals surface area contributed by atoms with Crippen LogP contribution in [0.2, 0.25) is 0 Å². The lowest BCUT2D eigenvalue weighted by molar-refractivity contribution is -0.124. The molecule has 1 spiro atoms. The van der Waals surface area contributed by atoms with Gasteiger partial charge in [-0.15, -0.1) is 0 Å². The maximum atomic E-state index is 11.9. The normalized spacial score (nSPS) is 24.7. The van der Waals surface area contributed by atoms with Crippen LogP contribution in [0.25, 0.3) is 0 Å². The highest BCUT2D eigenvalue weighted by molar-refractivity contribution is 5.84. The minimum absolute atomic E-state index is 0.00802. The molecule has 6 nitrogen and oxygen atoms in total. The maximum absolute atomic E-state index is 11.9. The Hall–Kier alpha value is -1.30. The average Bonchev–Trinajstić information content (AvgIpc) is 2.99. The second kappa shape index (κ2) is 5.00. The fraction of sp³-hybridized carbons (Fsp3) is 0.846. The van der Waals surface area contributed by atoms with Crippen molar-refractivity contribution in [2.24, 2.45) is 11.3 Å². The molecule has 0 aromatic carbocycles. The number of rotatable bonds is 1. The molecule has 1 unspecified atom stereocenters. The van der Waals surface area contributed by atoms with E-state index in [9.17, 15) is 9.59 Å². The molecule has 0 radical (unpaired) electrons. The topological polar surface area (TPSA) is 76.7 Å². The quantitative estimate of drug-likeness (QED) is 0.705. The Morgan fingerprint density at radius 2 is 1.84 bits per heavy atom. The fourth-order valence-corrected chi connectivity index (χ4v) is 2.55. The van der Waals surface area contributed by atoms with Gasteiger partial charge in [0.1, 0.15) is 5.60 Å². The standard InChI is InChI=1S/C13H22N2O4/c1-12(2,3)19-11(17)15-14-10(16)9-8-13(9)4-6-18-7-5-13/h9H,4-8H2,1-3H3,(H,14,16)(H,15,17). The van der Waals surface area contributed by atoms with Crippen molar-refractivity contribution in [3.05, 3.63) is 0 Å². The molecule has 108 valence electrons. The van der Waals surface area contributed by atoms with Gasteiger partial charge in [-0.25, -0.2) is 10.2 Å². The predicted molar refractivity (Wildman–Crippen MR) is 68.1 cm³/mol. The molecule has 1 heterocycles. The van der Waals surface area contributed by atoms with Gasteiger partial charge in [0.2, 0.25) is 5.91 Å². The van der Waals surface area contributed by atoms with Crippen molar-refractivity contribution in [1.82, 2.24) is 10.9 Å². The molecule has 1 aliphatic carbocycles. The maximum Gasteiger partial charge on any atom is 0.426 e. The minimum Gasteiger partial charge on any atom is -0.443 e. The van der Waals surface area contributed by atoms with Gasteiger partial charge in [0, 0.05) is 19.1 Å². The number of amides is 2. The lowest BCUT2D eigenvalue weighted by Crippen LogP contribution is -2.45. The van der Waals surface area contributed by atoms with Crippen LogP contribution in [0.15, 0.2) is 0 Å². The zero-order chi connectivity index (χ0) is 14.1. The monoisotopic (exact) mass is 270 g/mol. The van der Waals surface area contributed by atoms with E-state index in [1.54, 1.807) is 20.8 Å². The van der Waals surface area contributed by atoms with E-state index in [-0.39, 0.29) is 17.2 Å². The van der Waals surface area contributed by atoms with E-state index in [1.807, 2.05) is 0 Å². The summed E-state index contributed by atoms with van der Waals surface area (Å²) in [6.07, 6.45) is 2.11. The number of hydrogen-bond acceptors (Lipinski definition) is 4. The largest absolute Gasteiger partial charge is 0.443 e. The zero-order valence-electron chi connectivity index (χ0n) is 11.7. The minimum atomic E-state index is -0.637. The second-order valence-corrected chi connectivity index (χ2v) is 6.35. The Morgan fingerprint density at radius 3 is 2.42 bits per heavy atom. The van der Waals surface area contributed by atoms with Crippen molar-refractivity contribution >= 4 is 12.0 Å². The molecule has 2 amide bonds. The summed E-state index contributed by atoms with van der Waals surface area (Å²) < 4.78 is 10.3. The summed E-state index contributed by atoms with van der Waals surface area (Å²) in [5.41, 5.74) is 4.26. The van der Waals surface area contributed by atoms with E-state index < -0.39 is 11.7 Å². The first kappa shape index (κ1) is 14.1. The molecule has 2 rings (SSSR count). The number of ether oxygens (including phenoxy) is 2. The molecular formula is C13H22N2O4. The molecule has 1 atom stereocenters. The van der Waals surface area contributed by atoms with E-state index in [0.29, 0.717) is 0 Å². The van der Waals surface area contributed by atoms with Crippen LogP contribution in [0, 0.1) is 11.3 Å². The molecule has 19 heavy (non-hydrogen) atoms. The van der Waals surface area contributed by atoms with E-state index in [4.69, 9.17) is 9.47 Å². The Kier molecular flexibility index (Phi) is 3.71. The van der Waals surface area contributed by atoms with E-state index in [1.165, 1.54) is 0 Å². The lowest BCUT2D eigenvalue weighted by Gasteiger charge is -2.23. The van der Waals surface area contributed by atoms with Crippen molar-refractivity contribution in [1.29, 1.82) is 0 Å². The lowest BCUT2D eigenvalue weighted by atomic mass is 9.94. The number of carbonyl (C=O) groups excluding carboxylic acids is 2. The van der Waals surface area contributed by atoms with Gasteiger partial charge in [0.05, 0.1) is 0 Å². The summed E-state index contributed by atoms with van der Waals surface area (Å²) in [5.74, 6) is -0.140.